The van der Waals surface area contributed by atoms with Gasteiger partial charge in [-0.15, -0.1) is 0 Å². The first-order valence-electron chi connectivity index (χ1n) is 6.11. The van der Waals surface area contributed by atoms with Crippen molar-refractivity contribution in [3.63, 3.8) is 0 Å². The van der Waals surface area contributed by atoms with Crippen LogP contribution in [0.4, 0.5) is 0 Å². The average molecular weight is 355 g/mol. The molecule has 0 aromatic carbocycles. The molecule has 7 heteroatoms. The topological polar surface area (TPSA) is 83.6 Å². The molecule has 3 amide bonds. The Hall–Kier alpha value is -2.02. The van der Waals surface area contributed by atoms with E-state index in [1.165, 1.54) is 18.0 Å². The van der Waals surface area contributed by atoms with Crippen LogP contribution in [0.15, 0.2) is 34.9 Å². The molecule has 0 aromatic rings. The molecule has 0 bridgehead atoms. The first-order valence-corrected chi connectivity index (χ1v) is 6.90. The molecule has 21 heavy (non-hydrogen) atoms. The van der Waals surface area contributed by atoms with Gasteiger partial charge in [-0.2, -0.15) is 0 Å². The number of halogens is 1. The van der Waals surface area contributed by atoms with Crippen molar-refractivity contribution < 1.29 is 19.2 Å². The van der Waals surface area contributed by atoms with Gasteiger partial charge in [-0.05, 0) is 6.42 Å². The molecule has 0 aliphatic carbocycles. The second kappa shape index (κ2) is 7.12. The Morgan fingerprint density at radius 3 is 2.52 bits per heavy atom. The smallest absolute Gasteiger partial charge is 0.256 e. The molecule has 1 fully saturated rings. The molecule has 0 radical (unpaired) electrons. The maximum atomic E-state index is 12.5. The zero-order valence-corrected chi connectivity index (χ0v) is 13.1. The number of amides is 3. The number of likely N-dealkylation sites (N-methyl/N-ethyl adjacent to an activating group) is 1. The predicted molar refractivity (Wildman–Crippen MR) is 80.3 cm³/mol. The molecule has 0 saturated carbocycles. The van der Waals surface area contributed by atoms with Gasteiger partial charge in [0.15, 0.2) is 6.29 Å². The number of hydrogen-bond donors (Lipinski definition) is 1. The normalized spacial score (nSPS) is 19.2. The number of nitrogens with one attached hydrogen (secondary N) is 1. The molecular formula is C14H15BrN2O4. The number of allylic oxidation sites excluding steroid dienone is 2. The zero-order valence-electron chi connectivity index (χ0n) is 11.5. The van der Waals surface area contributed by atoms with E-state index in [0.29, 0.717) is 6.29 Å². The molecule has 1 atom stereocenters. The lowest BCUT2D eigenvalue weighted by molar-refractivity contribution is -0.142. The molecule has 1 saturated heterocycles. The molecular weight excluding hydrogens is 340 g/mol. The van der Waals surface area contributed by atoms with Gasteiger partial charge in [0.05, 0.1) is 5.57 Å². The number of nitrogens with zero attached hydrogens (tertiary/aromatic N) is 1. The molecule has 0 aromatic heterocycles. The summed E-state index contributed by atoms with van der Waals surface area (Å²) < 4.78 is 0.216. The number of carbonyl (C=O) groups is 4. The average Bonchev–Trinajstić information content (AvgIpc) is 2.42. The fourth-order valence-electron chi connectivity index (χ4n) is 1.97. The van der Waals surface area contributed by atoms with Crippen LogP contribution >= 0.6 is 15.9 Å². The Morgan fingerprint density at radius 2 is 2.10 bits per heavy atom. The van der Waals surface area contributed by atoms with Crippen LogP contribution < -0.4 is 5.32 Å². The van der Waals surface area contributed by atoms with E-state index in [4.69, 9.17) is 0 Å². The van der Waals surface area contributed by atoms with Crippen LogP contribution in [0.1, 0.15) is 12.8 Å². The van der Waals surface area contributed by atoms with Gasteiger partial charge in [0, 0.05) is 23.5 Å². The summed E-state index contributed by atoms with van der Waals surface area (Å²) in [6.45, 7) is 7.07. The number of rotatable bonds is 5. The van der Waals surface area contributed by atoms with Gasteiger partial charge in [-0.1, -0.05) is 35.2 Å². The number of hydrogen-bond acceptors (Lipinski definition) is 4. The Labute approximate surface area is 130 Å². The van der Waals surface area contributed by atoms with E-state index >= 15 is 0 Å². The first-order chi connectivity index (χ1) is 9.83. The quantitative estimate of drug-likeness (QED) is 0.343. The maximum Gasteiger partial charge on any atom is 0.256 e. The molecule has 1 aliphatic rings. The molecule has 1 heterocycles. The second-order valence-electron chi connectivity index (χ2n) is 4.44. The molecule has 1 aliphatic heterocycles. The van der Waals surface area contributed by atoms with Crippen molar-refractivity contribution in [1.82, 2.24) is 10.2 Å². The lowest BCUT2D eigenvalue weighted by atomic mass is 10.0. The first kappa shape index (κ1) is 17.0. The molecule has 1 N–H and O–H groups in total. The Morgan fingerprint density at radius 1 is 1.48 bits per heavy atom. The highest BCUT2D eigenvalue weighted by atomic mass is 79.9. The van der Waals surface area contributed by atoms with E-state index in [2.05, 4.69) is 34.4 Å². The van der Waals surface area contributed by atoms with Gasteiger partial charge in [-0.25, -0.2) is 0 Å². The highest BCUT2D eigenvalue weighted by Gasteiger charge is 2.34. The summed E-state index contributed by atoms with van der Waals surface area (Å²) in [7, 11) is 1.43. The summed E-state index contributed by atoms with van der Waals surface area (Å²) in [5.74, 6) is -1.45. The fourth-order valence-corrected chi connectivity index (χ4v) is 2.37. The van der Waals surface area contributed by atoms with Crippen LogP contribution in [-0.4, -0.2) is 42.0 Å². The summed E-state index contributed by atoms with van der Waals surface area (Å²) in [4.78, 5) is 47.6. The van der Waals surface area contributed by atoms with Gasteiger partial charge in [-0.3, -0.25) is 24.5 Å². The summed E-state index contributed by atoms with van der Waals surface area (Å²) >= 11 is 3.08. The van der Waals surface area contributed by atoms with Crippen molar-refractivity contribution in [2.45, 2.75) is 18.9 Å². The predicted octanol–water partition coefficient (Wildman–Crippen LogP) is 0.840. The maximum absolute atomic E-state index is 12.5. The standard InChI is InChI=1S/C14H15BrN2O4/c1-4-9(7-18)12(8(2)15)14(21)17(3)10-5-6-11(19)16-13(10)20/h4,7,10H,1-2,5-6H2,3H3,(H,16,19,20)/b12-9-. The number of piperidine rings is 1. The Balaban J connectivity index is 3.10. The third kappa shape index (κ3) is 3.75. The lowest BCUT2D eigenvalue weighted by Gasteiger charge is -2.30. The van der Waals surface area contributed by atoms with E-state index in [-0.39, 0.29) is 34.4 Å². The summed E-state index contributed by atoms with van der Waals surface area (Å²) in [5, 5.41) is 2.18. The molecule has 0 spiro atoms. The van der Waals surface area contributed by atoms with Crippen molar-refractivity contribution in [2.24, 2.45) is 0 Å². The highest BCUT2D eigenvalue weighted by Crippen LogP contribution is 2.23. The van der Waals surface area contributed by atoms with Crippen LogP contribution in [0.2, 0.25) is 0 Å². The third-order valence-electron chi connectivity index (χ3n) is 3.12. The molecule has 1 rings (SSSR count). The molecule has 6 nitrogen and oxygen atoms in total. The SMILES string of the molecule is C=C/C(C=O)=C(\C(=C)Br)C(=O)N(C)C1CCC(=O)NC1=O. The lowest BCUT2D eigenvalue weighted by Crippen LogP contribution is -2.53. The number of aldehydes is 1. The number of imide groups is 1. The van der Waals surface area contributed by atoms with Crippen LogP contribution in [0.3, 0.4) is 0 Å². The summed E-state index contributed by atoms with van der Waals surface area (Å²) in [5.41, 5.74) is 0.105. The van der Waals surface area contributed by atoms with Crippen molar-refractivity contribution in [2.75, 3.05) is 7.05 Å². The van der Waals surface area contributed by atoms with Crippen LogP contribution in [0, 0.1) is 0 Å². The van der Waals surface area contributed by atoms with E-state index in [9.17, 15) is 19.2 Å². The highest BCUT2D eigenvalue weighted by molar-refractivity contribution is 9.12. The van der Waals surface area contributed by atoms with Gasteiger partial charge in [0.25, 0.3) is 5.91 Å². The van der Waals surface area contributed by atoms with E-state index < -0.39 is 17.9 Å². The summed E-state index contributed by atoms with van der Waals surface area (Å²) in [6, 6.07) is -0.769. The minimum atomic E-state index is -0.769. The van der Waals surface area contributed by atoms with Gasteiger partial charge in [0.1, 0.15) is 6.04 Å². The van der Waals surface area contributed by atoms with Gasteiger partial charge in [0.2, 0.25) is 11.8 Å². The van der Waals surface area contributed by atoms with Gasteiger partial charge < -0.3 is 4.90 Å². The van der Waals surface area contributed by atoms with Crippen molar-refractivity contribution in [1.29, 1.82) is 0 Å². The van der Waals surface area contributed by atoms with Crippen LogP contribution in [0.5, 0.6) is 0 Å². The molecule has 1 unspecified atom stereocenters. The Bertz CT molecular complexity index is 555. The Kier molecular flexibility index (Phi) is 5.78. The van der Waals surface area contributed by atoms with E-state index in [1.807, 2.05) is 0 Å². The van der Waals surface area contributed by atoms with Crippen molar-refractivity contribution in [3.8, 4) is 0 Å². The monoisotopic (exact) mass is 354 g/mol. The van der Waals surface area contributed by atoms with Gasteiger partial charge >= 0.3 is 0 Å². The molecule has 112 valence electrons. The fraction of sp³-hybridized carbons (Fsp3) is 0.286. The minimum Gasteiger partial charge on any atom is -0.330 e. The van der Waals surface area contributed by atoms with Crippen LogP contribution in [0.25, 0.3) is 0 Å². The van der Waals surface area contributed by atoms with Crippen LogP contribution in [-0.2, 0) is 19.2 Å². The zero-order chi connectivity index (χ0) is 16.2. The minimum absolute atomic E-state index is 0.0344. The second-order valence-corrected chi connectivity index (χ2v) is 5.40. The number of carbonyl (C=O) groups excluding carboxylic acids is 4. The van der Waals surface area contributed by atoms with Crippen molar-refractivity contribution >= 4 is 39.9 Å². The third-order valence-corrected chi connectivity index (χ3v) is 3.52. The summed E-state index contributed by atoms with van der Waals surface area (Å²) in [6.07, 6.45) is 2.12. The van der Waals surface area contributed by atoms with Crippen molar-refractivity contribution in [3.05, 3.63) is 34.9 Å². The van der Waals surface area contributed by atoms with E-state index in [1.54, 1.807) is 0 Å². The largest absolute Gasteiger partial charge is 0.330 e. The van der Waals surface area contributed by atoms with E-state index in [0.717, 1.165) is 0 Å².